The predicted molar refractivity (Wildman–Crippen MR) is 119 cm³/mol. The van der Waals surface area contributed by atoms with Crippen molar-refractivity contribution >= 4 is 49.3 Å². The molecule has 4 heteroatoms. The molecule has 4 aromatic carbocycles. The van der Waals surface area contributed by atoms with Crippen molar-refractivity contribution < 1.29 is 5.21 Å². The van der Waals surface area contributed by atoms with Crippen molar-refractivity contribution in [2.24, 2.45) is 5.16 Å². The van der Waals surface area contributed by atoms with Gasteiger partial charge in [0.1, 0.15) is 5.71 Å². The number of benzene rings is 4. The van der Waals surface area contributed by atoms with Crippen molar-refractivity contribution in [1.29, 1.82) is 0 Å². The summed E-state index contributed by atoms with van der Waals surface area (Å²) in [5.74, 6) is 0. The second-order valence-electron chi connectivity index (χ2n) is 7.25. The molecule has 4 nitrogen and oxygen atoms in total. The number of oxime groups is 1. The molecule has 29 heavy (non-hydrogen) atoms. The van der Waals surface area contributed by atoms with E-state index in [-0.39, 0.29) is 0 Å². The number of para-hydroxylation sites is 4. The van der Waals surface area contributed by atoms with E-state index in [4.69, 9.17) is 0 Å². The highest BCUT2D eigenvalue weighted by Crippen LogP contribution is 2.32. The quantitative estimate of drug-likeness (QED) is 0.189. The van der Waals surface area contributed by atoms with Gasteiger partial charge in [0.25, 0.3) is 0 Å². The first-order chi connectivity index (χ1) is 14.3. The number of H-pyrrole nitrogens is 2. The average molecular weight is 375 g/mol. The summed E-state index contributed by atoms with van der Waals surface area (Å²) in [4.78, 5) is 7.01. The first kappa shape index (κ1) is 16.0. The number of rotatable bonds is 2. The van der Waals surface area contributed by atoms with Crippen molar-refractivity contribution in [3.8, 4) is 0 Å². The summed E-state index contributed by atoms with van der Waals surface area (Å²) in [6, 6.07) is 28.6. The van der Waals surface area contributed by atoms with E-state index in [2.05, 4.69) is 51.5 Å². The number of aromatic amines is 2. The molecule has 0 aliphatic carbocycles. The van der Waals surface area contributed by atoms with Crippen LogP contribution in [0.2, 0.25) is 0 Å². The number of aromatic nitrogens is 2. The van der Waals surface area contributed by atoms with Gasteiger partial charge in [-0.3, -0.25) is 0 Å². The largest absolute Gasteiger partial charge is 0.410 e. The molecule has 0 saturated carbocycles. The average Bonchev–Trinajstić information content (AvgIpc) is 3.34. The zero-order chi connectivity index (χ0) is 19.4. The zero-order valence-corrected chi connectivity index (χ0v) is 15.5. The fraction of sp³-hybridized carbons (Fsp3) is 0. The van der Waals surface area contributed by atoms with Crippen molar-refractivity contribution in [2.45, 2.75) is 0 Å². The highest BCUT2D eigenvalue weighted by Gasteiger charge is 2.18. The maximum absolute atomic E-state index is 10.1. The summed E-state index contributed by atoms with van der Waals surface area (Å²) >= 11 is 0. The minimum absolute atomic E-state index is 0.541. The van der Waals surface area contributed by atoms with E-state index < -0.39 is 0 Å². The Hall–Kier alpha value is -4.05. The Morgan fingerprint density at radius 3 is 1.48 bits per heavy atom. The van der Waals surface area contributed by atoms with Gasteiger partial charge in [-0.25, -0.2) is 0 Å². The molecular formula is C25H17N3O. The predicted octanol–water partition coefficient (Wildman–Crippen LogP) is 6.18. The molecule has 2 heterocycles. The molecule has 0 radical (unpaired) electrons. The van der Waals surface area contributed by atoms with Gasteiger partial charge >= 0.3 is 0 Å². The smallest absolute Gasteiger partial charge is 0.121 e. The van der Waals surface area contributed by atoms with Gasteiger partial charge in [0.05, 0.1) is 11.0 Å². The van der Waals surface area contributed by atoms with Crippen molar-refractivity contribution in [3.63, 3.8) is 0 Å². The molecule has 0 amide bonds. The maximum Gasteiger partial charge on any atom is 0.121 e. The van der Waals surface area contributed by atoms with Gasteiger partial charge < -0.3 is 15.2 Å². The molecule has 0 aliphatic rings. The van der Waals surface area contributed by atoms with E-state index in [0.29, 0.717) is 5.71 Å². The molecule has 0 bridgehead atoms. The van der Waals surface area contributed by atoms with E-state index >= 15 is 0 Å². The number of nitrogens with one attached hydrogen (secondary N) is 2. The third-order valence-electron chi connectivity index (χ3n) is 5.69. The molecule has 3 N–H and O–H groups in total. The van der Waals surface area contributed by atoms with E-state index in [1.54, 1.807) is 0 Å². The maximum atomic E-state index is 10.1. The van der Waals surface area contributed by atoms with Crippen LogP contribution in [0.25, 0.3) is 43.6 Å². The van der Waals surface area contributed by atoms with Gasteiger partial charge in [-0.15, -0.1) is 0 Å². The third-order valence-corrected chi connectivity index (χ3v) is 5.69. The van der Waals surface area contributed by atoms with Crippen molar-refractivity contribution in [3.05, 3.63) is 96.1 Å². The molecule has 6 aromatic rings. The lowest BCUT2D eigenvalue weighted by molar-refractivity contribution is 0.319. The number of hydrogen-bond donors (Lipinski definition) is 3. The van der Waals surface area contributed by atoms with Crippen molar-refractivity contribution in [2.75, 3.05) is 0 Å². The molecule has 0 saturated heterocycles. The summed E-state index contributed by atoms with van der Waals surface area (Å²) < 4.78 is 0. The SMILES string of the molecule is ON=C(c1cccc2c1[nH]c1ccccc12)c1cccc2c1[nH]c1ccccc12. The van der Waals surface area contributed by atoms with Gasteiger partial charge in [-0.2, -0.15) is 0 Å². The lowest BCUT2D eigenvalue weighted by atomic mass is 9.97. The van der Waals surface area contributed by atoms with Crippen LogP contribution in [0.5, 0.6) is 0 Å². The second-order valence-corrected chi connectivity index (χ2v) is 7.25. The Kier molecular flexibility index (Phi) is 3.29. The Labute approximate surface area is 166 Å². The van der Waals surface area contributed by atoms with E-state index in [9.17, 15) is 5.21 Å². The number of hydrogen-bond acceptors (Lipinski definition) is 2. The Balaban J connectivity index is 1.67. The van der Waals surface area contributed by atoms with Crippen LogP contribution in [-0.4, -0.2) is 20.9 Å². The highest BCUT2D eigenvalue weighted by atomic mass is 16.4. The molecule has 0 atom stereocenters. The van der Waals surface area contributed by atoms with Gasteiger partial charge in [0, 0.05) is 43.7 Å². The normalized spacial score (nSPS) is 11.6. The summed E-state index contributed by atoms with van der Waals surface area (Å²) in [7, 11) is 0. The molecule has 138 valence electrons. The Bertz CT molecular complexity index is 1450. The van der Waals surface area contributed by atoms with Gasteiger partial charge in [0.15, 0.2) is 0 Å². The molecule has 6 rings (SSSR count). The first-order valence-corrected chi connectivity index (χ1v) is 9.57. The molecule has 0 aliphatic heterocycles. The summed E-state index contributed by atoms with van der Waals surface area (Å²) in [5.41, 5.74) is 6.34. The van der Waals surface area contributed by atoms with Gasteiger partial charge in [0.2, 0.25) is 0 Å². The highest BCUT2D eigenvalue weighted by molar-refractivity contribution is 6.26. The van der Waals surface area contributed by atoms with E-state index in [1.165, 1.54) is 0 Å². The summed E-state index contributed by atoms with van der Waals surface area (Å²) in [6.07, 6.45) is 0. The first-order valence-electron chi connectivity index (χ1n) is 9.57. The van der Waals surface area contributed by atoms with E-state index in [1.807, 2.05) is 48.5 Å². The van der Waals surface area contributed by atoms with Crippen LogP contribution in [0.15, 0.2) is 90.1 Å². The molecule has 2 aromatic heterocycles. The third kappa shape index (κ3) is 2.23. The lowest BCUT2D eigenvalue weighted by Crippen LogP contribution is -2.05. The Morgan fingerprint density at radius 1 is 0.552 bits per heavy atom. The van der Waals surface area contributed by atoms with Crippen LogP contribution in [0.4, 0.5) is 0 Å². The van der Waals surface area contributed by atoms with Crippen LogP contribution in [-0.2, 0) is 0 Å². The van der Waals surface area contributed by atoms with Crippen LogP contribution in [0, 0.1) is 0 Å². The zero-order valence-electron chi connectivity index (χ0n) is 15.5. The van der Waals surface area contributed by atoms with Gasteiger partial charge in [-0.1, -0.05) is 78.0 Å². The minimum Gasteiger partial charge on any atom is -0.410 e. The van der Waals surface area contributed by atoms with Crippen LogP contribution in [0.1, 0.15) is 11.1 Å². The van der Waals surface area contributed by atoms with Gasteiger partial charge in [-0.05, 0) is 12.1 Å². The van der Waals surface area contributed by atoms with Crippen LogP contribution in [0.3, 0.4) is 0 Å². The minimum atomic E-state index is 0.541. The molecule has 0 unspecified atom stereocenters. The molecular weight excluding hydrogens is 358 g/mol. The lowest BCUT2D eigenvalue weighted by Gasteiger charge is -2.08. The number of nitrogens with zero attached hydrogens (tertiary/aromatic N) is 1. The fourth-order valence-corrected chi connectivity index (χ4v) is 4.39. The molecule has 0 spiro atoms. The van der Waals surface area contributed by atoms with Crippen molar-refractivity contribution in [1.82, 2.24) is 9.97 Å². The Morgan fingerprint density at radius 2 is 1.00 bits per heavy atom. The standard InChI is InChI=1S/C25H17N3O/c29-28-25(19-11-5-9-17-15-7-1-3-13-21(15)26-23(17)19)20-12-6-10-18-16-8-2-4-14-22(16)27-24(18)20/h1-14,26-27,29H. The van der Waals surface area contributed by atoms with Crippen LogP contribution >= 0.6 is 0 Å². The topological polar surface area (TPSA) is 64.2 Å². The molecule has 0 fully saturated rings. The summed E-state index contributed by atoms with van der Waals surface area (Å²) in [6.45, 7) is 0. The second kappa shape index (κ2) is 5.97. The monoisotopic (exact) mass is 375 g/mol. The summed E-state index contributed by atoms with van der Waals surface area (Å²) in [5, 5.41) is 18.4. The number of fused-ring (bicyclic) bond motifs is 6. The fourth-order valence-electron chi connectivity index (χ4n) is 4.39. The van der Waals surface area contributed by atoms with Crippen LogP contribution < -0.4 is 0 Å². The van der Waals surface area contributed by atoms with E-state index in [0.717, 1.165) is 54.7 Å².